The molecule has 1 aromatic carbocycles. The third-order valence-corrected chi connectivity index (χ3v) is 6.15. The zero-order chi connectivity index (χ0) is 14.0. The molecule has 4 nitrogen and oxygen atoms in total. The Balaban J connectivity index is 1.58. The molecule has 1 aliphatic carbocycles. The number of hydrogen-bond donors (Lipinski definition) is 0. The van der Waals surface area contributed by atoms with Crippen molar-refractivity contribution in [3.05, 3.63) is 29.8 Å². The van der Waals surface area contributed by atoms with Crippen molar-refractivity contribution in [2.45, 2.75) is 48.5 Å². The van der Waals surface area contributed by atoms with Crippen molar-refractivity contribution in [3.8, 4) is 0 Å². The van der Waals surface area contributed by atoms with E-state index in [1.54, 1.807) is 12.1 Å². The number of benzene rings is 1. The molecule has 1 saturated heterocycles. The van der Waals surface area contributed by atoms with Gasteiger partial charge in [-0.3, -0.25) is 0 Å². The molecule has 20 heavy (non-hydrogen) atoms. The van der Waals surface area contributed by atoms with E-state index in [0.717, 1.165) is 44.5 Å². The molecule has 0 aromatic heterocycles. The molecule has 1 saturated carbocycles. The highest BCUT2D eigenvalue weighted by atomic mass is 32.2. The first kappa shape index (κ1) is 14.0. The topological polar surface area (TPSA) is 52.6 Å². The maximum absolute atomic E-state index is 12.1. The molecule has 0 spiro atoms. The first-order valence-corrected chi connectivity index (χ1v) is 8.73. The predicted molar refractivity (Wildman–Crippen MR) is 75.3 cm³/mol. The number of rotatable bonds is 5. The van der Waals surface area contributed by atoms with E-state index < -0.39 is 9.84 Å². The summed E-state index contributed by atoms with van der Waals surface area (Å²) in [6.07, 6.45) is 3.74. The van der Waals surface area contributed by atoms with E-state index in [-0.39, 0.29) is 11.4 Å². The van der Waals surface area contributed by atoms with Gasteiger partial charge in [-0.15, -0.1) is 0 Å². The van der Waals surface area contributed by atoms with Gasteiger partial charge in [-0.1, -0.05) is 12.1 Å². The summed E-state index contributed by atoms with van der Waals surface area (Å²) in [5.41, 5.74) is 1.02. The fraction of sp³-hybridized carbons (Fsp3) is 0.600. The van der Waals surface area contributed by atoms with Crippen LogP contribution < -0.4 is 0 Å². The molecule has 0 N–H and O–H groups in total. The first-order valence-electron chi connectivity index (χ1n) is 7.18. The fourth-order valence-electron chi connectivity index (χ4n) is 2.40. The lowest BCUT2D eigenvalue weighted by atomic mass is 10.1. The maximum Gasteiger partial charge on any atom is 0.181 e. The Hall–Kier alpha value is -0.910. The summed E-state index contributed by atoms with van der Waals surface area (Å²) in [4.78, 5) is 0.440. The molecular formula is C15H20O4S. The average Bonchev–Trinajstić information content (AvgIpc) is 3.32. The minimum atomic E-state index is -3.08. The van der Waals surface area contributed by atoms with Crippen molar-refractivity contribution in [2.75, 3.05) is 13.2 Å². The van der Waals surface area contributed by atoms with Gasteiger partial charge in [-0.05, 0) is 43.4 Å². The van der Waals surface area contributed by atoms with Crippen molar-refractivity contribution in [3.63, 3.8) is 0 Å². The van der Waals surface area contributed by atoms with E-state index >= 15 is 0 Å². The lowest BCUT2D eigenvalue weighted by Crippen LogP contribution is -2.23. The van der Waals surface area contributed by atoms with Gasteiger partial charge in [0, 0.05) is 13.2 Å². The molecule has 0 unspecified atom stereocenters. The summed E-state index contributed by atoms with van der Waals surface area (Å²) in [5.74, 6) is 0. The minimum Gasteiger partial charge on any atom is -0.381 e. The fourth-order valence-corrected chi connectivity index (χ4v) is 4.06. The van der Waals surface area contributed by atoms with Crippen LogP contribution in [0.15, 0.2) is 29.2 Å². The Kier molecular flexibility index (Phi) is 4.10. The summed E-state index contributed by atoms with van der Waals surface area (Å²) in [6, 6.07) is 7.12. The van der Waals surface area contributed by atoms with Gasteiger partial charge in [0.1, 0.15) is 0 Å². The van der Waals surface area contributed by atoms with Crippen molar-refractivity contribution in [1.82, 2.24) is 0 Å². The van der Waals surface area contributed by atoms with Crippen molar-refractivity contribution >= 4 is 9.84 Å². The normalized spacial score (nSPS) is 21.0. The molecule has 0 amide bonds. The van der Waals surface area contributed by atoms with E-state index in [1.807, 2.05) is 12.1 Å². The van der Waals surface area contributed by atoms with Crippen LogP contribution in [0.3, 0.4) is 0 Å². The van der Waals surface area contributed by atoms with Crippen LogP contribution in [0.4, 0.5) is 0 Å². The molecule has 0 radical (unpaired) electrons. The second-order valence-electron chi connectivity index (χ2n) is 5.51. The molecule has 1 aliphatic heterocycles. The van der Waals surface area contributed by atoms with Gasteiger partial charge in [0.05, 0.1) is 22.9 Å². The number of sulfone groups is 1. The van der Waals surface area contributed by atoms with Crippen LogP contribution in [-0.4, -0.2) is 33.0 Å². The monoisotopic (exact) mass is 296 g/mol. The zero-order valence-electron chi connectivity index (χ0n) is 11.5. The predicted octanol–water partition coefficient (Wildman–Crippen LogP) is 2.32. The standard InChI is InChI=1S/C15H20O4S/c16-20(17,15-5-6-15)14-3-1-12(2-4-14)11-19-13-7-9-18-10-8-13/h1-4,13,15H,5-11H2. The molecule has 1 heterocycles. The SMILES string of the molecule is O=S(=O)(c1ccc(COC2CCOCC2)cc1)C1CC1. The van der Waals surface area contributed by atoms with Crippen LogP contribution in [0.5, 0.6) is 0 Å². The van der Waals surface area contributed by atoms with Gasteiger partial charge in [-0.2, -0.15) is 0 Å². The number of ether oxygens (including phenoxy) is 2. The molecule has 0 atom stereocenters. The summed E-state index contributed by atoms with van der Waals surface area (Å²) in [5, 5.41) is -0.146. The molecule has 2 fully saturated rings. The highest BCUT2D eigenvalue weighted by Gasteiger charge is 2.36. The van der Waals surface area contributed by atoms with E-state index in [4.69, 9.17) is 9.47 Å². The third-order valence-electron chi connectivity index (χ3n) is 3.87. The first-order chi connectivity index (χ1) is 9.66. The highest BCUT2D eigenvalue weighted by Crippen LogP contribution is 2.33. The van der Waals surface area contributed by atoms with Crippen molar-refractivity contribution in [1.29, 1.82) is 0 Å². The summed E-state index contributed by atoms with van der Waals surface area (Å²) >= 11 is 0. The Morgan fingerprint density at radius 1 is 1.05 bits per heavy atom. The zero-order valence-corrected chi connectivity index (χ0v) is 12.3. The Morgan fingerprint density at radius 2 is 1.70 bits per heavy atom. The lowest BCUT2D eigenvalue weighted by molar-refractivity contribution is -0.0390. The molecule has 1 aromatic rings. The van der Waals surface area contributed by atoms with Crippen LogP contribution in [0.2, 0.25) is 0 Å². The van der Waals surface area contributed by atoms with Crippen LogP contribution in [0.1, 0.15) is 31.2 Å². The largest absolute Gasteiger partial charge is 0.381 e. The lowest BCUT2D eigenvalue weighted by Gasteiger charge is -2.22. The second-order valence-corrected chi connectivity index (χ2v) is 7.74. The van der Waals surface area contributed by atoms with Crippen molar-refractivity contribution in [2.24, 2.45) is 0 Å². The summed E-state index contributed by atoms with van der Waals surface area (Å²) in [7, 11) is -3.08. The minimum absolute atomic E-state index is 0.146. The third kappa shape index (κ3) is 3.22. The molecule has 3 rings (SSSR count). The second kappa shape index (κ2) is 5.84. The highest BCUT2D eigenvalue weighted by molar-refractivity contribution is 7.92. The number of hydrogen-bond acceptors (Lipinski definition) is 4. The summed E-state index contributed by atoms with van der Waals surface area (Å²) < 4.78 is 35.2. The van der Waals surface area contributed by atoms with Gasteiger partial charge in [0.2, 0.25) is 0 Å². The Bertz CT molecular complexity index is 540. The van der Waals surface area contributed by atoms with Gasteiger partial charge >= 0.3 is 0 Å². The van der Waals surface area contributed by atoms with Gasteiger partial charge in [0.15, 0.2) is 9.84 Å². The van der Waals surface area contributed by atoms with Gasteiger partial charge in [-0.25, -0.2) is 8.42 Å². The van der Waals surface area contributed by atoms with E-state index in [1.165, 1.54) is 0 Å². The van der Waals surface area contributed by atoms with Crippen LogP contribution >= 0.6 is 0 Å². The molecule has 2 aliphatic rings. The smallest absolute Gasteiger partial charge is 0.181 e. The Labute approximate surface area is 120 Å². The maximum atomic E-state index is 12.1. The van der Waals surface area contributed by atoms with Crippen molar-refractivity contribution < 1.29 is 17.9 Å². The van der Waals surface area contributed by atoms with E-state index in [0.29, 0.717) is 11.5 Å². The van der Waals surface area contributed by atoms with Crippen LogP contribution in [0, 0.1) is 0 Å². The molecule has 5 heteroatoms. The quantitative estimate of drug-likeness (QED) is 0.837. The van der Waals surface area contributed by atoms with Gasteiger partial charge < -0.3 is 9.47 Å². The van der Waals surface area contributed by atoms with E-state index in [9.17, 15) is 8.42 Å². The van der Waals surface area contributed by atoms with Crippen LogP contribution in [0.25, 0.3) is 0 Å². The van der Waals surface area contributed by atoms with Gasteiger partial charge in [0.25, 0.3) is 0 Å². The Morgan fingerprint density at radius 3 is 2.30 bits per heavy atom. The molecule has 110 valence electrons. The van der Waals surface area contributed by atoms with E-state index in [2.05, 4.69) is 0 Å². The molecule has 0 bridgehead atoms. The molecular weight excluding hydrogens is 276 g/mol. The average molecular weight is 296 g/mol. The summed E-state index contributed by atoms with van der Waals surface area (Å²) in [6.45, 7) is 2.07. The van der Waals surface area contributed by atoms with Crippen LogP contribution in [-0.2, 0) is 25.9 Å².